The zero-order valence-electron chi connectivity index (χ0n) is 10.6. The number of nitrogens with one attached hydrogen (secondary N) is 2. The molecule has 1 atom stereocenters. The lowest BCUT2D eigenvalue weighted by Crippen LogP contribution is -2.38. The highest BCUT2D eigenvalue weighted by Crippen LogP contribution is 2.39. The van der Waals surface area contributed by atoms with Gasteiger partial charge in [-0.25, -0.2) is 0 Å². The largest absolute Gasteiger partial charge is 0.454 e. The molecule has 5 heteroatoms. The molecule has 4 rings (SSSR count). The summed E-state index contributed by atoms with van der Waals surface area (Å²) in [6, 6.07) is 13.1. The second kappa shape index (κ2) is 4.16. The molecule has 0 bridgehead atoms. The maximum absolute atomic E-state index is 12.1. The van der Waals surface area contributed by atoms with Crippen LogP contribution in [0.2, 0.25) is 0 Å². The molecule has 0 saturated carbocycles. The third-order valence-corrected chi connectivity index (χ3v) is 3.49. The van der Waals surface area contributed by atoms with E-state index in [0.29, 0.717) is 17.1 Å². The number of carbonyl (C=O) groups excluding carboxylic acids is 1. The van der Waals surface area contributed by atoms with Crippen LogP contribution in [0.15, 0.2) is 42.5 Å². The van der Waals surface area contributed by atoms with Gasteiger partial charge in [-0.2, -0.15) is 0 Å². The molecule has 100 valence electrons. The SMILES string of the molecule is O=C1NC(c2cccc3c2OCO3)Nc2ccccc21. The molecule has 2 heterocycles. The van der Waals surface area contributed by atoms with Crippen LogP contribution in [0.1, 0.15) is 22.1 Å². The molecule has 20 heavy (non-hydrogen) atoms. The first-order chi connectivity index (χ1) is 9.83. The summed E-state index contributed by atoms with van der Waals surface area (Å²) in [6.45, 7) is 0.212. The zero-order valence-corrected chi connectivity index (χ0v) is 10.6. The molecule has 0 fully saturated rings. The third kappa shape index (κ3) is 1.60. The van der Waals surface area contributed by atoms with Gasteiger partial charge in [-0.3, -0.25) is 4.79 Å². The van der Waals surface area contributed by atoms with Crippen molar-refractivity contribution in [3.05, 3.63) is 53.6 Å². The topological polar surface area (TPSA) is 59.6 Å². The second-order valence-corrected chi connectivity index (χ2v) is 4.68. The Balaban J connectivity index is 1.76. The van der Waals surface area contributed by atoms with Gasteiger partial charge in [-0.1, -0.05) is 24.3 Å². The van der Waals surface area contributed by atoms with Crippen molar-refractivity contribution in [2.45, 2.75) is 6.17 Å². The first kappa shape index (κ1) is 11.2. The maximum atomic E-state index is 12.1. The predicted molar refractivity (Wildman–Crippen MR) is 72.8 cm³/mol. The summed E-state index contributed by atoms with van der Waals surface area (Å²) in [5.41, 5.74) is 2.33. The van der Waals surface area contributed by atoms with Crippen LogP contribution in [-0.4, -0.2) is 12.7 Å². The van der Waals surface area contributed by atoms with Gasteiger partial charge in [0.1, 0.15) is 6.17 Å². The number of hydrogen-bond acceptors (Lipinski definition) is 4. The standard InChI is InChI=1S/C15H12N2O3/c18-15-9-4-1-2-6-11(9)16-14(17-15)10-5-3-7-12-13(10)20-8-19-12/h1-7,14,16H,8H2,(H,17,18). The molecule has 0 radical (unpaired) electrons. The van der Waals surface area contributed by atoms with Crippen LogP contribution in [0.3, 0.4) is 0 Å². The molecular formula is C15H12N2O3. The van der Waals surface area contributed by atoms with Crippen LogP contribution in [0.25, 0.3) is 0 Å². The Morgan fingerprint density at radius 2 is 1.90 bits per heavy atom. The van der Waals surface area contributed by atoms with Crippen molar-refractivity contribution in [2.24, 2.45) is 0 Å². The van der Waals surface area contributed by atoms with Gasteiger partial charge in [0.25, 0.3) is 5.91 Å². The van der Waals surface area contributed by atoms with Crippen LogP contribution >= 0.6 is 0 Å². The highest BCUT2D eigenvalue weighted by molar-refractivity contribution is 6.01. The average molecular weight is 268 g/mol. The monoisotopic (exact) mass is 268 g/mol. The van der Waals surface area contributed by atoms with Gasteiger partial charge in [-0.05, 0) is 18.2 Å². The smallest absolute Gasteiger partial charge is 0.255 e. The number of fused-ring (bicyclic) bond motifs is 2. The van der Waals surface area contributed by atoms with Gasteiger partial charge in [0.05, 0.1) is 5.56 Å². The van der Waals surface area contributed by atoms with Crippen molar-refractivity contribution < 1.29 is 14.3 Å². The van der Waals surface area contributed by atoms with Crippen LogP contribution in [0.5, 0.6) is 11.5 Å². The Bertz CT molecular complexity index is 699. The summed E-state index contributed by atoms with van der Waals surface area (Å²) in [5.74, 6) is 1.29. The summed E-state index contributed by atoms with van der Waals surface area (Å²) in [4.78, 5) is 12.1. The Kier molecular flexibility index (Phi) is 2.32. The third-order valence-electron chi connectivity index (χ3n) is 3.49. The molecule has 0 aliphatic carbocycles. The van der Waals surface area contributed by atoms with E-state index in [1.165, 1.54) is 0 Å². The number of benzene rings is 2. The summed E-state index contributed by atoms with van der Waals surface area (Å²) in [5, 5.41) is 6.24. The maximum Gasteiger partial charge on any atom is 0.255 e. The molecule has 0 aromatic heterocycles. The minimum Gasteiger partial charge on any atom is -0.454 e. The fourth-order valence-corrected chi connectivity index (χ4v) is 2.54. The number of anilines is 1. The summed E-state index contributed by atoms with van der Waals surface area (Å²) < 4.78 is 10.9. The highest BCUT2D eigenvalue weighted by Gasteiger charge is 2.29. The highest BCUT2D eigenvalue weighted by atomic mass is 16.7. The Morgan fingerprint density at radius 3 is 2.85 bits per heavy atom. The van der Waals surface area contributed by atoms with Crippen molar-refractivity contribution >= 4 is 11.6 Å². The van der Waals surface area contributed by atoms with Crippen LogP contribution in [-0.2, 0) is 0 Å². The lowest BCUT2D eigenvalue weighted by atomic mass is 10.0. The van der Waals surface area contributed by atoms with Gasteiger partial charge in [-0.15, -0.1) is 0 Å². The Hall–Kier alpha value is -2.69. The molecule has 2 aliphatic heterocycles. The van der Waals surface area contributed by atoms with Gasteiger partial charge in [0.15, 0.2) is 11.5 Å². The summed E-state index contributed by atoms with van der Waals surface area (Å²) >= 11 is 0. The first-order valence-corrected chi connectivity index (χ1v) is 6.38. The average Bonchev–Trinajstić information content (AvgIpc) is 2.95. The molecule has 5 nitrogen and oxygen atoms in total. The molecule has 0 spiro atoms. The van der Waals surface area contributed by atoms with Gasteiger partial charge in [0, 0.05) is 11.3 Å². The van der Waals surface area contributed by atoms with E-state index in [4.69, 9.17) is 9.47 Å². The number of amides is 1. The molecule has 1 amide bonds. The van der Waals surface area contributed by atoms with Crippen molar-refractivity contribution in [3.8, 4) is 11.5 Å². The van der Waals surface area contributed by atoms with Crippen LogP contribution in [0, 0.1) is 0 Å². The fourth-order valence-electron chi connectivity index (χ4n) is 2.54. The molecule has 1 unspecified atom stereocenters. The quantitative estimate of drug-likeness (QED) is 0.833. The van der Waals surface area contributed by atoms with Crippen molar-refractivity contribution in [1.82, 2.24) is 5.32 Å². The molecular weight excluding hydrogens is 256 g/mol. The minimum absolute atomic E-state index is 0.0964. The van der Waals surface area contributed by atoms with Crippen molar-refractivity contribution in [3.63, 3.8) is 0 Å². The van der Waals surface area contributed by atoms with E-state index < -0.39 is 0 Å². The number of para-hydroxylation sites is 2. The fraction of sp³-hybridized carbons (Fsp3) is 0.133. The van der Waals surface area contributed by atoms with E-state index in [0.717, 1.165) is 11.3 Å². The second-order valence-electron chi connectivity index (χ2n) is 4.68. The molecule has 2 aliphatic rings. The normalized spacial score (nSPS) is 19.0. The van der Waals surface area contributed by atoms with Crippen LogP contribution < -0.4 is 20.1 Å². The van der Waals surface area contributed by atoms with E-state index in [-0.39, 0.29) is 18.9 Å². The predicted octanol–water partition coefficient (Wildman–Crippen LogP) is 2.27. The Labute approximate surface area is 115 Å². The number of hydrogen-bond donors (Lipinski definition) is 2. The van der Waals surface area contributed by atoms with Crippen molar-refractivity contribution in [2.75, 3.05) is 12.1 Å². The first-order valence-electron chi connectivity index (χ1n) is 6.38. The lowest BCUT2D eigenvalue weighted by molar-refractivity contribution is 0.0935. The van der Waals surface area contributed by atoms with E-state index in [1.807, 2.05) is 36.4 Å². The molecule has 0 saturated heterocycles. The van der Waals surface area contributed by atoms with Gasteiger partial charge < -0.3 is 20.1 Å². The number of carbonyl (C=O) groups is 1. The lowest BCUT2D eigenvalue weighted by Gasteiger charge is -2.28. The molecule has 2 N–H and O–H groups in total. The van der Waals surface area contributed by atoms with E-state index in [2.05, 4.69) is 10.6 Å². The van der Waals surface area contributed by atoms with E-state index in [1.54, 1.807) is 6.07 Å². The Morgan fingerprint density at radius 1 is 1.00 bits per heavy atom. The number of ether oxygens (including phenoxy) is 2. The number of rotatable bonds is 1. The summed E-state index contributed by atoms with van der Waals surface area (Å²) in [6.07, 6.45) is -0.325. The molecule has 2 aromatic carbocycles. The van der Waals surface area contributed by atoms with E-state index in [9.17, 15) is 4.79 Å². The summed E-state index contributed by atoms with van der Waals surface area (Å²) in [7, 11) is 0. The molecule has 2 aromatic rings. The van der Waals surface area contributed by atoms with Crippen LogP contribution in [0.4, 0.5) is 5.69 Å². The van der Waals surface area contributed by atoms with Gasteiger partial charge >= 0.3 is 0 Å². The zero-order chi connectivity index (χ0) is 13.5. The van der Waals surface area contributed by atoms with E-state index >= 15 is 0 Å². The van der Waals surface area contributed by atoms with Crippen molar-refractivity contribution in [1.29, 1.82) is 0 Å². The minimum atomic E-state index is -0.325. The van der Waals surface area contributed by atoms with Gasteiger partial charge in [0.2, 0.25) is 6.79 Å².